The lowest BCUT2D eigenvalue weighted by molar-refractivity contribution is -0.0698. The average molecular weight is 273 g/mol. The molecular weight excluding hydrogens is 262 g/mol. The van der Waals surface area contributed by atoms with E-state index < -0.39 is 12.4 Å². The first-order chi connectivity index (χ1) is 9.70. The van der Waals surface area contributed by atoms with Crippen LogP contribution in [-0.2, 0) is 4.74 Å². The number of hydrogen-bond acceptors (Lipinski definition) is 6. The van der Waals surface area contributed by atoms with E-state index in [1.807, 2.05) is 0 Å². The molecule has 2 aromatic rings. The van der Waals surface area contributed by atoms with Crippen molar-refractivity contribution in [1.82, 2.24) is 0 Å². The summed E-state index contributed by atoms with van der Waals surface area (Å²) in [4.78, 5) is 22.1. The van der Waals surface area contributed by atoms with Gasteiger partial charge < -0.3 is 14.6 Å². The van der Waals surface area contributed by atoms with Crippen LogP contribution in [0, 0.1) is 4.91 Å². The molecule has 6 nitrogen and oxygen atoms in total. The topological polar surface area (TPSA) is 85.2 Å². The van der Waals surface area contributed by atoms with Crippen molar-refractivity contribution in [3.8, 4) is 5.75 Å². The standard InChI is InChI=1S/C14H11NO5/c16-13(11-8-4-5-9-12(11)15-18)20-14(17)19-10-6-2-1-3-7-10/h1-9,13,16H. The normalized spacial score (nSPS) is 11.4. The van der Waals surface area contributed by atoms with Crippen LogP contribution in [0.25, 0.3) is 0 Å². The third-order valence-corrected chi connectivity index (χ3v) is 2.45. The zero-order valence-corrected chi connectivity index (χ0v) is 10.3. The average Bonchev–Trinajstić information content (AvgIpc) is 2.48. The quantitative estimate of drug-likeness (QED) is 0.400. The van der Waals surface area contributed by atoms with Crippen LogP contribution in [0.3, 0.4) is 0 Å². The summed E-state index contributed by atoms with van der Waals surface area (Å²) < 4.78 is 9.53. The fraction of sp³-hybridized carbons (Fsp3) is 0.0714. The molecule has 2 rings (SSSR count). The summed E-state index contributed by atoms with van der Waals surface area (Å²) in [7, 11) is 0. The molecule has 0 aliphatic rings. The first-order valence-corrected chi connectivity index (χ1v) is 5.74. The minimum atomic E-state index is -1.62. The molecule has 0 fully saturated rings. The first kappa shape index (κ1) is 13.7. The largest absolute Gasteiger partial charge is 0.516 e. The summed E-state index contributed by atoms with van der Waals surface area (Å²) in [6.07, 6.45) is -2.70. The Hall–Kier alpha value is -2.73. The van der Waals surface area contributed by atoms with Gasteiger partial charge in [0.15, 0.2) is 0 Å². The van der Waals surface area contributed by atoms with E-state index in [2.05, 4.69) is 9.91 Å². The van der Waals surface area contributed by atoms with Gasteiger partial charge in [0.25, 0.3) is 0 Å². The second-order valence-corrected chi connectivity index (χ2v) is 3.79. The Balaban J connectivity index is 2.02. The van der Waals surface area contributed by atoms with Crippen molar-refractivity contribution in [2.24, 2.45) is 5.18 Å². The lowest BCUT2D eigenvalue weighted by Crippen LogP contribution is -2.15. The Morgan fingerprint density at radius 1 is 1.05 bits per heavy atom. The van der Waals surface area contributed by atoms with Gasteiger partial charge in [-0.15, -0.1) is 4.91 Å². The van der Waals surface area contributed by atoms with Gasteiger partial charge in [-0.3, -0.25) is 0 Å². The third kappa shape index (κ3) is 3.39. The maximum absolute atomic E-state index is 11.5. The molecule has 0 heterocycles. The lowest BCUT2D eigenvalue weighted by Gasteiger charge is -2.12. The predicted octanol–water partition coefficient (Wildman–Crippen LogP) is 3.29. The number of rotatable bonds is 4. The highest BCUT2D eigenvalue weighted by Gasteiger charge is 2.18. The van der Waals surface area contributed by atoms with Gasteiger partial charge in [0, 0.05) is 5.56 Å². The van der Waals surface area contributed by atoms with Gasteiger partial charge in [0.05, 0.1) is 0 Å². The van der Waals surface area contributed by atoms with Crippen LogP contribution in [-0.4, -0.2) is 11.3 Å². The molecule has 102 valence electrons. The number of para-hydroxylation sites is 1. The molecule has 0 radical (unpaired) electrons. The third-order valence-electron chi connectivity index (χ3n) is 2.45. The zero-order valence-electron chi connectivity index (χ0n) is 10.3. The maximum atomic E-state index is 11.5. The van der Waals surface area contributed by atoms with E-state index in [1.54, 1.807) is 42.5 Å². The van der Waals surface area contributed by atoms with Gasteiger partial charge in [-0.05, 0) is 23.4 Å². The van der Waals surface area contributed by atoms with Crippen molar-refractivity contribution in [2.75, 3.05) is 0 Å². The maximum Gasteiger partial charge on any atom is 0.516 e. The molecule has 0 bridgehead atoms. The Bertz CT molecular complexity index is 600. The van der Waals surface area contributed by atoms with Gasteiger partial charge in [0.1, 0.15) is 11.4 Å². The molecule has 0 aromatic heterocycles. The monoisotopic (exact) mass is 273 g/mol. The van der Waals surface area contributed by atoms with E-state index in [1.165, 1.54) is 12.1 Å². The summed E-state index contributed by atoms with van der Waals surface area (Å²) in [5.41, 5.74) is 0.0834. The highest BCUT2D eigenvalue weighted by molar-refractivity contribution is 5.64. The molecule has 6 heteroatoms. The minimum absolute atomic E-state index is 0.00693. The zero-order chi connectivity index (χ0) is 14.4. The molecule has 2 aromatic carbocycles. The molecule has 0 saturated heterocycles. The van der Waals surface area contributed by atoms with Crippen LogP contribution in [0.5, 0.6) is 5.75 Å². The number of hydrogen-bond donors (Lipinski definition) is 1. The van der Waals surface area contributed by atoms with Gasteiger partial charge >= 0.3 is 6.16 Å². The van der Waals surface area contributed by atoms with E-state index in [4.69, 9.17) is 4.74 Å². The number of nitrogens with zero attached hydrogens (tertiary/aromatic N) is 1. The summed E-state index contributed by atoms with van der Waals surface area (Å²) in [6, 6.07) is 14.3. The van der Waals surface area contributed by atoms with E-state index >= 15 is 0 Å². The van der Waals surface area contributed by atoms with Crippen molar-refractivity contribution in [2.45, 2.75) is 6.29 Å². The molecular formula is C14H11NO5. The Morgan fingerprint density at radius 3 is 2.40 bits per heavy atom. The molecule has 0 aliphatic carbocycles. The minimum Gasteiger partial charge on any atom is -0.400 e. The van der Waals surface area contributed by atoms with Crippen LogP contribution >= 0.6 is 0 Å². The van der Waals surface area contributed by atoms with Crippen molar-refractivity contribution >= 4 is 11.8 Å². The van der Waals surface area contributed by atoms with Crippen molar-refractivity contribution in [3.05, 3.63) is 65.1 Å². The SMILES string of the molecule is O=Nc1ccccc1C(O)OC(=O)Oc1ccccc1. The fourth-order valence-corrected chi connectivity index (χ4v) is 1.54. The van der Waals surface area contributed by atoms with Crippen LogP contribution in [0.2, 0.25) is 0 Å². The van der Waals surface area contributed by atoms with Crippen LogP contribution in [0.4, 0.5) is 10.5 Å². The van der Waals surface area contributed by atoms with E-state index in [0.717, 1.165) is 0 Å². The lowest BCUT2D eigenvalue weighted by atomic mass is 10.2. The summed E-state index contributed by atoms with van der Waals surface area (Å²) >= 11 is 0. The second-order valence-electron chi connectivity index (χ2n) is 3.79. The molecule has 1 N–H and O–H groups in total. The molecule has 0 saturated carbocycles. The van der Waals surface area contributed by atoms with Crippen molar-refractivity contribution < 1.29 is 19.4 Å². The van der Waals surface area contributed by atoms with E-state index in [0.29, 0.717) is 0 Å². The highest BCUT2D eigenvalue weighted by atomic mass is 16.8. The van der Waals surface area contributed by atoms with Gasteiger partial charge in [-0.2, -0.15) is 0 Å². The molecule has 0 amide bonds. The Morgan fingerprint density at radius 2 is 1.70 bits per heavy atom. The molecule has 0 spiro atoms. The summed E-state index contributed by atoms with van der Waals surface area (Å²) in [5, 5.41) is 12.5. The highest BCUT2D eigenvalue weighted by Crippen LogP contribution is 2.26. The number of nitroso groups, excluding NO2 is 1. The van der Waals surface area contributed by atoms with Gasteiger partial charge in [-0.25, -0.2) is 4.79 Å². The number of aliphatic hydroxyl groups is 1. The van der Waals surface area contributed by atoms with Crippen molar-refractivity contribution in [3.63, 3.8) is 0 Å². The molecule has 1 unspecified atom stereocenters. The van der Waals surface area contributed by atoms with E-state index in [9.17, 15) is 14.8 Å². The fourth-order valence-electron chi connectivity index (χ4n) is 1.54. The number of benzene rings is 2. The number of carbonyl (C=O) groups is 1. The van der Waals surface area contributed by atoms with Crippen LogP contribution in [0.1, 0.15) is 11.9 Å². The van der Waals surface area contributed by atoms with E-state index in [-0.39, 0.29) is 17.0 Å². The molecule has 1 atom stereocenters. The summed E-state index contributed by atoms with van der Waals surface area (Å²) in [5.74, 6) is 0.284. The van der Waals surface area contributed by atoms with Gasteiger partial charge in [-0.1, -0.05) is 36.4 Å². The second kappa shape index (κ2) is 6.44. The Labute approximate surface area is 114 Å². The number of aliphatic hydroxyl groups excluding tert-OH is 1. The number of ether oxygens (including phenoxy) is 2. The first-order valence-electron chi connectivity index (χ1n) is 5.74. The smallest absolute Gasteiger partial charge is 0.400 e. The Kier molecular flexibility index (Phi) is 4.41. The molecule has 0 aliphatic heterocycles. The van der Waals surface area contributed by atoms with Crippen LogP contribution in [0.15, 0.2) is 59.8 Å². The number of carbonyl (C=O) groups excluding carboxylic acids is 1. The van der Waals surface area contributed by atoms with Crippen LogP contribution < -0.4 is 4.74 Å². The summed E-state index contributed by atoms with van der Waals surface area (Å²) in [6.45, 7) is 0. The molecule has 20 heavy (non-hydrogen) atoms. The van der Waals surface area contributed by atoms with Crippen molar-refractivity contribution in [1.29, 1.82) is 0 Å². The van der Waals surface area contributed by atoms with Gasteiger partial charge in [0.2, 0.25) is 6.29 Å². The predicted molar refractivity (Wildman–Crippen MR) is 70.4 cm³/mol.